The van der Waals surface area contributed by atoms with Gasteiger partial charge in [-0.2, -0.15) is 0 Å². The van der Waals surface area contributed by atoms with Crippen LogP contribution in [0.25, 0.3) is 0 Å². The van der Waals surface area contributed by atoms with Crippen LogP contribution in [0.3, 0.4) is 0 Å². The number of rotatable bonds is 4. The standard InChI is InChI=1S/C9H14F2N2O/c1-6-2-7(3-12)4-13-9(6)14-5-8(10)11/h2,4,6,8-9H,3,5,12H2,1H3. The molecular weight excluding hydrogens is 190 g/mol. The number of ether oxygens (including phenoxy) is 1. The first kappa shape index (κ1) is 11.3. The summed E-state index contributed by atoms with van der Waals surface area (Å²) in [7, 11) is 0. The first-order valence-electron chi connectivity index (χ1n) is 4.47. The molecule has 14 heavy (non-hydrogen) atoms. The van der Waals surface area contributed by atoms with Gasteiger partial charge in [0.15, 0.2) is 6.23 Å². The van der Waals surface area contributed by atoms with E-state index in [0.717, 1.165) is 5.57 Å². The molecule has 0 saturated carbocycles. The molecule has 0 aromatic heterocycles. The van der Waals surface area contributed by atoms with Gasteiger partial charge >= 0.3 is 0 Å². The normalized spacial score (nSPS) is 26.8. The largest absolute Gasteiger partial charge is 0.350 e. The van der Waals surface area contributed by atoms with E-state index in [1.165, 1.54) is 0 Å². The molecule has 80 valence electrons. The summed E-state index contributed by atoms with van der Waals surface area (Å²) in [5.74, 6) is -0.00250. The van der Waals surface area contributed by atoms with Crippen LogP contribution in [0.1, 0.15) is 6.92 Å². The number of hydrogen-bond donors (Lipinski definition) is 1. The van der Waals surface area contributed by atoms with E-state index in [4.69, 9.17) is 10.5 Å². The van der Waals surface area contributed by atoms with Crippen LogP contribution in [0.5, 0.6) is 0 Å². The Morgan fingerprint density at radius 2 is 2.36 bits per heavy atom. The molecule has 2 atom stereocenters. The number of nitrogens with two attached hydrogens (primary N) is 1. The molecule has 1 aliphatic rings. The van der Waals surface area contributed by atoms with E-state index in [0.29, 0.717) is 6.54 Å². The van der Waals surface area contributed by atoms with Gasteiger partial charge in [0.25, 0.3) is 6.43 Å². The lowest BCUT2D eigenvalue weighted by Gasteiger charge is -2.22. The summed E-state index contributed by atoms with van der Waals surface area (Å²) < 4.78 is 28.6. The molecule has 2 unspecified atom stereocenters. The summed E-state index contributed by atoms with van der Waals surface area (Å²) in [6, 6.07) is 0. The molecule has 0 amide bonds. The van der Waals surface area contributed by atoms with Crippen LogP contribution < -0.4 is 5.73 Å². The van der Waals surface area contributed by atoms with E-state index in [-0.39, 0.29) is 5.92 Å². The maximum Gasteiger partial charge on any atom is 0.261 e. The highest BCUT2D eigenvalue weighted by molar-refractivity contribution is 5.80. The number of dihydropyridines is 1. The monoisotopic (exact) mass is 204 g/mol. The van der Waals surface area contributed by atoms with Gasteiger partial charge < -0.3 is 10.5 Å². The van der Waals surface area contributed by atoms with E-state index in [2.05, 4.69) is 4.99 Å². The van der Waals surface area contributed by atoms with Crippen LogP contribution in [0.4, 0.5) is 8.78 Å². The quantitative estimate of drug-likeness (QED) is 0.748. The van der Waals surface area contributed by atoms with Gasteiger partial charge in [-0.1, -0.05) is 13.0 Å². The van der Waals surface area contributed by atoms with Crippen LogP contribution in [0, 0.1) is 5.92 Å². The Balaban J connectivity index is 2.44. The molecule has 5 heteroatoms. The predicted octanol–water partition coefficient (Wildman–Crippen LogP) is 1.20. The summed E-state index contributed by atoms with van der Waals surface area (Å²) in [5, 5.41) is 0. The van der Waals surface area contributed by atoms with Gasteiger partial charge in [0, 0.05) is 18.7 Å². The second kappa shape index (κ2) is 5.17. The van der Waals surface area contributed by atoms with Crippen molar-refractivity contribution in [3.63, 3.8) is 0 Å². The molecule has 0 radical (unpaired) electrons. The zero-order chi connectivity index (χ0) is 10.6. The number of alkyl halides is 2. The van der Waals surface area contributed by atoms with Crippen molar-refractivity contribution >= 4 is 6.21 Å². The Morgan fingerprint density at radius 3 is 2.86 bits per heavy atom. The SMILES string of the molecule is CC1C=C(CN)C=NC1OCC(F)F. The highest BCUT2D eigenvalue weighted by Crippen LogP contribution is 2.17. The topological polar surface area (TPSA) is 47.6 Å². The fraction of sp³-hybridized carbons (Fsp3) is 0.667. The van der Waals surface area contributed by atoms with Gasteiger partial charge in [-0.3, -0.25) is 4.99 Å². The molecule has 1 aliphatic heterocycles. The lowest BCUT2D eigenvalue weighted by molar-refractivity contribution is -0.0333. The van der Waals surface area contributed by atoms with Gasteiger partial charge in [0.05, 0.1) is 0 Å². The lowest BCUT2D eigenvalue weighted by Crippen LogP contribution is -2.25. The second-order valence-corrected chi connectivity index (χ2v) is 3.20. The van der Waals surface area contributed by atoms with Crippen LogP contribution in [-0.2, 0) is 4.74 Å². The fourth-order valence-corrected chi connectivity index (χ4v) is 1.25. The van der Waals surface area contributed by atoms with Crippen molar-refractivity contribution in [1.29, 1.82) is 0 Å². The third kappa shape index (κ3) is 3.16. The zero-order valence-corrected chi connectivity index (χ0v) is 7.99. The minimum Gasteiger partial charge on any atom is -0.350 e. The van der Waals surface area contributed by atoms with Gasteiger partial charge in [-0.15, -0.1) is 0 Å². The van der Waals surface area contributed by atoms with Crippen LogP contribution in [0.15, 0.2) is 16.6 Å². The fourth-order valence-electron chi connectivity index (χ4n) is 1.25. The first-order valence-corrected chi connectivity index (χ1v) is 4.47. The number of hydrogen-bond acceptors (Lipinski definition) is 3. The Labute approximate surface area is 81.6 Å². The third-order valence-corrected chi connectivity index (χ3v) is 1.94. The molecule has 0 aromatic rings. The number of nitrogens with zero attached hydrogens (tertiary/aromatic N) is 1. The molecule has 0 aliphatic carbocycles. The van der Waals surface area contributed by atoms with E-state index in [9.17, 15) is 8.78 Å². The molecule has 0 saturated heterocycles. The Morgan fingerprint density at radius 1 is 1.64 bits per heavy atom. The minimum atomic E-state index is -2.45. The Kier molecular flexibility index (Phi) is 4.16. The molecule has 1 rings (SSSR count). The molecule has 0 fully saturated rings. The van der Waals surface area contributed by atoms with E-state index in [1.54, 1.807) is 6.21 Å². The summed E-state index contributed by atoms with van der Waals surface area (Å²) in [6.45, 7) is 1.70. The van der Waals surface area contributed by atoms with Crippen molar-refractivity contribution in [2.45, 2.75) is 19.6 Å². The lowest BCUT2D eigenvalue weighted by atomic mass is 10.0. The molecule has 0 aromatic carbocycles. The van der Waals surface area contributed by atoms with Crippen molar-refractivity contribution < 1.29 is 13.5 Å². The Hall–Kier alpha value is -0.810. The Bertz CT molecular complexity index is 241. The zero-order valence-electron chi connectivity index (χ0n) is 7.99. The van der Waals surface area contributed by atoms with Crippen molar-refractivity contribution in [2.24, 2.45) is 16.6 Å². The third-order valence-electron chi connectivity index (χ3n) is 1.94. The molecule has 0 spiro atoms. The smallest absolute Gasteiger partial charge is 0.261 e. The summed E-state index contributed by atoms with van der Waals surface area (Å²) in [6.07, 6.45) is 0.524. The van der Waals surface area contributed by atoms with Crippen molar-refractivity contribution in [1.82, 2.24) is 0 Å². The van der Waals surface area contributed by atoms with Crippen LogP contribution in [0.2, 0.25) is 0 Å². The average molecular weight is 204 g/mol. The minimum absolute atomic E-state index is 0.00250. The summed E-state index contributed by atoms with van der Waals surface area (Å²) in [5.41, 5.74) is 6.32. The van der Waals surface area contributed by atoms with Crippen LogP contribution >= 0.6 is 0 Å². The molecule has 1 heterocycles. The molecule has 0 bridgehead atoms. The predicted molar refractivity (Wildman–Crippen MR) is 50.5 cm³/mol. The van der Waals surface area contributed by atoms with Crippen molar-refractivity contribution in [3.05, 3.63) is 11.6 Å². The van der Waals surface area contributed by atoms with Crippen molar-refractivity contribution in [3.8, 4) is 0 Å². The van der Waals surface area contributed by atoms with Gasteiger partial charge in [-0.25, -0.2) is 8.78 Å². The van der Waals surface area contributed by atoms with E-state index >= 15 is 0 Å². The van der Waals surface area contributed by atoms with E-state index in [1.807, 2.05) is 13.0 Å². The van der Waals surface area contributed by atoms with Crippen molar-refractivity contribution in [2.75, 3.05) is 13.2 Å². The highest BCUT2D eigenvalue weighted by atomic mass is 19.3. The van der Waals surface area contributed by atoms with E-state index < -0.39 is 19.3 Å². The maximum absolute atomic E-state index is 11.8. The number of halogens is 2. The average Bonchev–Trinajstić information content (AvgIpc) is 2.15. The van der Waals surface area contributed by atoms with Gasteiger partial charge in [0.1, 0.15) is 6.61 Å². The molecule has 2 N–H and O–H groups in total. The number of aliphatic imine (C=N–C) groups is 1. The summed E-state index contributed by atoms with van der Waals surface area (Å²) >= 11 is 0. The molecular formula is C9H14F2N2O. The summed E-state index contributed by atoms with van der Waals surface area (Å²) in [4.78, 5) is 4.01. The molecule has 3 nitrogen and oxygen atoms in total. The second-order valence-electron chi connectivity index (χ2n) is 3.20. The van der Waals surface area contributed by atoms with Gasteiger partial charge in [0.2, 0.25) is 0 Å². The van der Waals surface area contributed by atoms with Crippen LogP contribution in [-0.4, -0.2) is 32.0 Å². The first-order chi connectivity index (χ1) is 6.63. The maximum atomic E-state index is 11.8. The van der Waals surface area contributed by atoms with Gasteiger partial charge in [-0.05, 0) is 5.57 Å². The highest BCUT2D eigenvalue weighted by Gasteiger charge is 2.19.